The number of piperidine rings is 1. The number of anilines is 1. The number of aromatic nitrogens is 2. The van der Waals surface area contributed by atoms with E-state index in [1.54, 1.807) is 0 Å². The van der Waals surface area contributed by atoms with Crippen LogP contribution in [-0.4, -0.2) is 28.6 Å². The van der Waals surface area contributed by atoms with Crippen LogP contribution in [0.1, 0.15) is 26.2 Å². The van der Waals surface area contributed by atoms with Crippen molar-refractivity contribution in [2.75, 3.05) is 11.4 Å². The van der Waals surface area contributed by atoms with E-state index in [9.17, 15) is 4.79 Å². The summed E-state index contributed by atoms with van der Waals surface area (Å²) in [6.07, 6.45) is 4.87. The average molecular weight is 348 g/mol. The number of nitrogens with two attached hydrogens (primary N) is 1. The quantitative estimate of drug-likeness (QED) is 0.785. The zero-order chi connectivity index (χ0) is 12.4. The van der Waals surface area contributed by atoms with E-state index in [0.29, 0.717) is 3.57 Å². The second kappa shape index (κ2) is 5.34. The highest BCUT2D eigenvalue weighted by Gasteiger charge is 2.28. The summed E-state index contributed by atoms with van der Waals surface area (Å²) in [6.45, 7) is 2.95. The lowest BCUT2D eigenvalue weighted by Gasteiger charge is -2.39. The molecular formula is C11H17IN4O. The average Bonchev–Trinajstić information content (AvgIpc) is 2.33. The third-order valence-electron chi connectivity index (χ3n) is 3.21. The van der Waals surface area contributed by atoms with Gasteiger partial charge in [-0.2, -0.15) is 0 Å². The standard InChI is InChI=1S/C11H17IN4O/c1-7(13)8-4-2-3-5-16(8)10-9(12)11(17)15-6-14-10/h6-8H,2-5,13H2,1H3,(H,14,15,17). The fraction of sp³-hybridized carbons (Fsp3) is 0.636. The zero-order valence-electron chi connectivity index (χ0n) is 9.82. The molecule has 0 saturated carbocycles. The Balaban J connectivity index is 2.36. The molecule has 3 N–H and O–H groups in total. The fourth-order valence-electron chi connectivity index (χ4n) is 2.34. The van der Waals surface area contributed by atoms with Crippen LogP contribution in [0, 0.1) is 3.57 Å². The van der Waals surface area contributed by atoms with Gasteiger partial charge < -0.3 is 15.6 Å². The van der Waals surface area contributed by atoms with E-state index in [-0.39, 0.29) is 17.6 Å². The van der Waals surface area contributed by atoms with Crippen LogP contribution in [0.25, 0.3) is 0 Å². The topological polar surface area (TPSA) is 75.0 Å². The summed E-state index contributed by atoms with van der Waals surface area (Å²) in [7, 11) is 0. The van der Waals surface area contributed by atoms with Gasteiger partial charge in [-0.05, 0) is 48.8 Å². The number of nitrogens with one attached hydrogen (secondary N) is 1. The van der Waals surface area contributed by atoms with Gasteiger partial charge in [-0.15, -0.1) is 0 Å². The third kappa shape index (κ3) is 2.62. The molecule has 1 aromatic heterocycles. The number of H-pyrrole nitrogens is 1. The molecule has 0 aliphatic carbocycles. The fourth-order valence-corrected chi connectivity index (χ4v) is 2.95. The minimum Gasteiger partial charge on any atom is -0.351 e. The predicted molar refractivity (Wildman–Crippen MR) is 76.2 cm³/mol. The molecule has 2 heterocycles. The van der Waals surface area contributed by atoms with Crippen LogP contribution >= 0.6 is 22.6 Å². The molecule has 0 bridgehead atoms. The zero-order valence-corrected chi connectivity index (χ0v) is 12.0. The van der Waals surface area contributed by atoms with Gasteiger partial charge in [-0.3, -0.25) is 4.79 Å². The lowest BCUT2D eigenvalue weighted by Crippen LogP contribution is -2.50. The minimum absolute atomic E-state index is 0.0791. The molecule has 17 heavy (non-hydrogen) atoms. The van der Waals surface area contributed by atoms with E-state index in [1.807, 2.05) is 6.92 Å². The maximum absolute atomic E-state index is 11.6. The lowest BCUT2D eigenvalue weighted by molar-refractivity contribution is 0.410. The van der Waals surface area contributed by atoms with Crippen LogP contribution in [0.15, 0.2) is 11.1 Å². The molecule has 1 saturated heterocycles. The van der Waals surface area contributed by atoms with Crippen LogP contribution < -0.4 is 16.2 Å². The Bertz CT molecular complexity index is 445. The number of rotatable bonds is 2. The van der Waals surface area contributed by atoms with E-state index in [0.717, 1.165) is 25.2 Å². The minimum atomic E-state index is -0.0791. The first kappa shape index (κ1) is 12.8. The summed E-state index contributed by atoms with van der Waals surface area (Å²) in [5.41, 5.74) is 5.95. The van der Waals surface area contributed by atoms with Gasteiger partial charge in [0.15, 0.2) is 0 Å². The molecule has 1 aliphatic rings. The van der Waals surface area contributed by atoms with E-state index in [2.05, 4.69) is 37.5 Å². The summed E-state index contributed by atoms with van der Waals surface area (Å²) < 4.78 is 0.651. The molecular weight excluding hydrogens is 331 g/mol. The van der Waals surface area contributed by atoms with Crippen molar-refractivity contribution in [3.63, 3.8) is 0 Å². The lowest BCUT2D eigenvalue weighted by atomic mass is 9.97. The molecule has 0 spiro atoms. The number of aromatic amines is 1. The van der Waals surface area contributed by atoms with E-state index < -0.39 is 0 Å². The van der Waals surface area contributed by atoms with Gasteiger partial charge in [0.05, 0.1) is 6.33 Å². The summed E-state index contributed by atoms with van der Waals surface area (Å²) >= 11 is 2.05. The van der Waals surface area contributed by atoms with Crippen molar-refractivity contribution in [3.8, 4) is 0 Å². The Morgan fingerprint density at radius 1 is 1.65 bits per heavy atom. The Labute approximate surface area is 114 Å². The maximum Gasteiger partial charge on any atom is 0.266 e. The second-order valence-electron chi connectivity index (χ2n) is 4.48. The first-order valence-corrected chi connectivity index (χ1v) is 6.94. The monoisotopic (exact) mass is 348 g/mol. The molecule has 2 atom stereocenters. The summed E-state index contributed by atoms with van der Waals surface area (Å²) in [5.74, 6) is 0.774. The highest BCUT2D eigenvalue weighted by molar-refractivity contribution is 14.1. The number of hydrogen-bond acceptors (Lipinski definition) is 4. The summed E-state index contributed by atoms with van der Waals surface area (Å²) in [4.78, 5) is 20.7. The van der Waals surface area contributed by atoms with Crippen molar-refractivity contribution >= 4 is 28.4 Å². The Kier molecular flexibility index (Phi) is 4.03. The smallest absolute Gasteiger partial charge is 0.266 e. The molecule has 5 nitrogen and oxygen atoms in total. The summed E-state index contributed by atoms with van der Waals surface area (Å²) in [5, 5.41) is 0. The van der Waals surface area contributed by atoms with Gasteiger partial charge in [0, 0.05) is 18.6 Å². The molecule has 6 heteroatoms. The van der Waals surface area contributed by atoms with Crippen molar-refractivity contribution in [1.82, 2.24) is 9.97 Å². The molecule has 1 aromatic rings. The van der Waals surface area contributed by atoms with Crippen LogP contribution in [0.4, 0.5) is 5.82 Å². The highest BCUT2D eigenvalue weighted by Crippen LogP contribution is 2.26. The van der Waals surface area contributed by atoms with Crippen molar-refractivity contribution in [3.05, 3.63) is 20.3 Å². The molecule has 0 aromatic carbocycles. The van der Waals surface area contributed by atoms with Crippen LogP contribution in [0.2, 0.25) is 0 Å². The van der Waals surface area contributed by atoms with Crippen molar-refractivity contribution in [2.45, 2.75) is 38.3 Å². The Morgan fingerprint density at radius 2 is 2.41 bits per heavy atom. The Morgan fingerprint density at radius 3 is 3.12 bits per heavy atom. The molecule has 1 fully saturated rings. The van der Waals surface area contributed by atoms with Crippen molar-refractivity contribution in [1.29, 1.82) is 0 Å². The van der Waals surface area contributed by atoms with Gasteiger partial charge >= 0.3 is 0 Å². The number of halogens is 1. The molecule has 0 radical (unpaired) electrons. The van der Waals surface area contributed by atoms with Gasteiger partial charge in [-0.1, -0.05) is 0 Å². The molecule has 1 aliphatic heterocycles. The maximum atomic E-state index is 11.6. The third-order valence-corrected chi connectivity index (χ3v) is 4.18. The SMILES string of the molecule is CC(N)C1CCCCN1c1nc[nH]c(=O)c1I. The molecule has 94 valence electrons. The largest absolute Gasteiger partial charge is 0.351 e. The van der Waals surface area contributed by atoms with E-state index in [4.69, 9.17) is 5.73 Å². The molecule has 2 unspecified atom stereocenters. The van der Waals surface area contributed by atoms with Crippen molar-refractivity contribution < 1.29 is 0 Å². The predicted octanol–water partition coefficient (Wildman–Crippen LogP) is 1.08. The normalized spacial score (nSPS) is 22.5. The first-order chi connectivity index (χ1) is 8.11. The number of hydrogen-bond donors (Lipinski definition) is 2. The van der Waals surface area contributed by atoms with Gasteiger partial charge in [0.25, 0.3) is 5.56 Å². The van der Waals surface area contributed by atoms with Gasteiger partial charge in [-0.25, -0.2) is 4.98 Å². The van der Waals surface area contributed by atoms with Crippen molar-refractivity contribution in [2.24, 2.45) is 5.73 Å². The molecule has 0 amide bonds. The van der Waals surface area contributed by atoms with Gasteiger partial charge in [0.1, 0.15) is 9.39 Å². The number of nitrogens with zero attached hydrogens (tertiary/aromatic N) is 2. The van der Waals surface area contributed by atoms with Gasteiger partial charge in [0.2, 0.25) is 0 Å². The van der Waals surface area contributed by atoms with Crippen LogP contribution in [-0.2, 0) is 0 Å². The van der Waals surface area contributed by atoms with E-state index in [1.165, 1.54) is 12.7 Å². The highest BCUT2D eigenvalue weighted by atomic mass is 127. The molecule has 2 rings (SSSR count). The summed E-state index contributed by atoms with van der Waals surface area (Å²) in [6, 6.07) is 0.374. The Hall–Kier alpha value is -0.630. The van der Waals surface area contributed by atoms with Crippen LogP contribution in [0.3, 0.4) is 0 Å². The van der Waals surface area contributed by atoms with Crippen LogP contribution in [0.5, 0.6) is 0 Å². The first-order valence-electron chi connectivity index (χ1n) is 5.86. The second-order valence-corrected chi connectivity index (χ2v) is 5.56. The van der Waals surface area contributed by atoms with E-state index >= 15 is 0 Å².